The summed E-state index contributed by atoms with van der Waals surface area (Å²) in [5.74, 6) is 0.294. The number of nitrogens with one attached hydrogen (secondary N) is 1. The minimum absolute atomic E-state index is 0.0573. The summed E-state index contributed by atoms with van der Waals surface area (Å²) in [5, 5.41) is 3.53. The van der Waals surface area contributed by atoms with Crippen molar-refractivity contribution in [2.45, 2.75) is 18.9 Å². The van der Waals surface area contributed by atoms with E-state index in [2.05, 4.69) is 22.0 Å². The maximum absolute atomic E-state index is 11.0. The number of anilines is 1. The van der Waals surface area contributed by atoms with E-state index >= 15 is 0 Å². The molecule has 1 N–H and O–H groups in total. The molecule has 1 heterocycles. The van der Waals surface area contributed by atoms with Gasteiger partial charge < -0.3 is 19.7 Å². The standard InChI is InChI=1S/C15H22N2O3/c1-17-9-7-13(8-10-17)16-12-3-5-14(6-4-12)20-11-15(18)19-2/h3-6,13,16H,7-11H2,1-2H3. The number of carbonyl (C=O) groups is 1. The summed E-state index contributed by atoms with van der Waals surface area (Å²) in [6.45, 7) is 2.22. The van der Waals surface area contributed by atoms with Crippen LogP contribution in [0.1, 0.15) is 12.8 Å². The van der Waals surface area contributed by atoms with Gasteiger partial charge in [-0.2, -0.15) is 0 Å². The summed E-state index contributed by atoms with van der Waals surface area (Å²) in [7, 11) is 3.50. The molecule has 0 aliphatic carbocycles. The zero-order chi connectivity index (χ0) is 14.4. The molecular weight excluding hydrogens is 256 g/mol. The predicted octanol–water partition coefficient (Wildman–Crippen LogP) is 1.74. The predicted molar refractivity (Wildman–Crippen MR) is 78.1 cm³/mol. The van der Waals surface area contributed by atoms with Crippen LogP contribution >= 0.6 is 0 Å². The van der Waals surface area contributed by atoms with Gasteiger partial charge in [0.25, 0.3) is 0 Å². The molecule has 1 saturated heterocycles. The van der Waals surface area contributed by atoms with E-state index in [0.29, 0.717) is 11.8 Å². The SMILES string of the molecule is COC(=O)COc1ccc(NC2CCN(C)CC2)cc1. The zero-order valence-corrected chi connectivity index (χ0v) is 12.1. The summed E-state index contributed by atoms with van der Waals surface area (Å²) in [4.78, 5) is 13.3. The molecule has 0 amide bonds. The van der Waals surface area contributed by atoms with E-state index < -0.39 is 0 Å². The van der Waals surface area contributed by atoms with Crippen LogP contribution in [0.15, 0.2) is 24.3 Å². The number of benzene rings is 1. The zero-order valence-electron chi connectivity index (χ0n) is 12.1. The molecule has 0 saturated carbocycles. The minimum Gasteiger partial charge on any atom is -0.482 e. The lowest BCUT2D eigenvalue weighted by Crippen LogP contribution is -2.36. The second-order valence-electron chi connectivity index (χ2n) is 5.11. The summed E-state index contributed by atoms with van der Waals surface area (Å²) in [5.41, 5.74) is 1.09. The third-order valence-corrected chi connectivity index (χ3v) is 3.53. The van der Waals surface area contributed by atoms with Crippen LogP contribution in [0, 0.1) is 0 Å². The van der Waals surface area contributed by atoms with Crippen LogP contribution < -0.4 is 10.1 Å². The van der Waals surface area contributed by atoms with Gasteiger partial charge >= 0.3 is 5.97 Å². The first-order valence-corrected chi connectivity index (χ1v) is 6.92. The van der Waals surface area contributed by atoms with Gasteiger partial charge in [-0.15, -0.1) is 0 Å². The lowest BCUT2D eigenvalue weighted by molar-refractivity contribution is -0.142. The second-order valence-corrected chi connectivity index (χ2v) is 5.11. The number of methoxy groups -OCH3 is 1. The molecule has 0 radical (unpaired) electrons. The molecule has 0 bridgehead atoms. The average Bonchev–Trinajstić information content (AvgIpc) is 2.48. The normalized spacial score (nSPS) is 16.7. The number of esters is 1. The molecule has 1 aromatic carbocycles. The molecule has 0 aromatic heterocycles. The lowest BCUT2D eigenvalue weighted by Gasteiger charge is -2.30. The van der Waals surface area contributed by atoms with Gasteiger partial charge in [-0.05, 0) is 57.2 Å². The van der Waals surface area contributed by atoms with E-state index in [1.165, 1.54) is 7.11 Å². The van der Waals surface area contributed by atoms with E-state index in [4.69, 9.17) is 4.74 Å². The van der Waals surface area contributed by atoms with Crippen molar-refractivity contribution in [1.29, 1.82) is 0 Å². The van der Waals surface area contributed by atoms with Gasteiger partial charge in [0.15, 0.2) is 6.61 Å². The van der Waals surface area contributed by atoms with Gasteiger partial charge in [-0.25, -0.2) is 4.79 Å². The molecule has 1 aliphatic rings. The minimum atomic E-state index is -0.376. The van der Waals surface area contributed by atoms with Crippen LogP contribution in [-0.4, -0.2) is 50.8 Å². The van der Waals surface area contributed by atoms with Gasteiger partial charge in [0.2, 0.25) is 0 Å². The summed E-state index contributed by atoms with van der Waals surface area (Å²) in [6.07, 6.45) is 2.33. The number of carbonyl (C=O) groups excluding carboxylic acids is 1. The van der Waals surface area contributed by atoms with Gasteiger partial charge in [-0.1, -0.05) is 0 Å². The van der Waals surface area contributed by atoms with Crippen molar-refractivity contribution in [1.82, 2.24) is 4.90 Å². The molecule has 20 heavy (non-hydrogen) atoms. The number of ether oxygens (including phenoxy) is 2. The van der Waals surface area contributed by atoms with E-state index in [-0.39, 0.29) is 12.6 Å². The highest BCUT2D eigenvalue weighted by molar-refractivity contribution is 5.70. The van der Waals surface area contributed by atoms with E-state index in [0.717, 1.165) is 31.6 Å². The number of piperidine rings is 1. The maximum atomic E-state index is 11.0. The molecule has 1 aromatic rings. The fraction of sp³-hybridized carbons (Fsp3) is 0.533. The summed E-state index contributed by atoms with van der Waals surface area (Å²) in [6, 6.07) is 8.21. The van der Waals surface area contributed by atoms with Crippen molar-refractivity contribution < 1.29 is 14.3 Å². The Morgan fingerprint density at radius 2 is 1.95 bits per heavy atom. The lowest BCUT2D eigenvalue weighted by atomic mass is 10.1. The Kier molecular flexibility index (Phi) is 5.24. The molecule has 5 heteroatoms. The Morgan fingerprint density at radius 3 is 2.55 bits per heavy atom. The average molecular weight is 278 g/mol. The fourth-order valence-corrected chi connectivity index (χ4v) is 2.24. The molecule has 2 rings (SSSR count). The molecular formula is C15H22N2O3. The van der Waals surface area contributed by atoms with Crippen molar-refractivity contribution in [2.24, 2.45) is 0 Å². The van der Waals surface area contributed by atoms with Crippen LogP contribution in [-0.2, 0) is 9.53 Å². The number of likely N-dealkylation sites (tertiary alicyclic amines) is 1. The number of hydrogen-bond donors (Lipinski definition) is 1. The Labute approximate surface area is 119 Å². The quantitative estimate of drug-likeness (QED) is 0.832. The Morgan fingerprint density at radius 1 is 1.30 bits per heavy atom. The topological polar surface area (TPSA) is 50.8 Å². The van der Waals surface area contributed by atoms with Gasteiger partial charge in [-0.3, -0.25) is 0 Å². The van der Waals surface area contributed by atoms with Crippen LogP contribution in [0.4, 0.5) is 5.69 Å². The largest absolute Gasteiger partial charge is 0.482 e. The summed E-state index contributed by atoms with van der Waals surface area (Å²) < 4.78 is 9.83. The van der Waals surface area contributed by atoms with Crippen LogP contribution in [0.3, 0.4) is 0 Å². The third-order valence-electron chi connectivity index (χ3n) is 3.53. The van der Waals surface area contributed by atoms with E-state index in [1.54, 1.807) is 0 Å². The van der Waals surface area contributed by atoms with E-state index in [1.807, 2.05) is 24.3 Å². The summed E-state index contributed by atoms with van der Waals surface area (Å²) >= 11 is 0. The van der Waals surface area contributed by atoms with Gasteiger partial charge in [0.1, 0.15) is 5.75 Å². The molecule has 5 nitrogen and oxygen atoms in total. The van der Waals surface area contributed by atoms with Crippen molar-refractivity contribution in [3.05, 3.63) is 24.3 Å². The first-order chi connectivity index (χ1) is 9.67. The molecule has 0 atom stereocenters. The van der Waals surface area contributed by atoms with E-state index in [9.17, 15) is 4.79 Å². The van der Waals surface area contributed by atoms with Crippen molar-refractivity contribution >= 4 is 11.7 Å². The Hall–Kier alpha value is -1.75. The van der Waals surface area contributed by atoms with Gasteiger partial charge in [0.05, 0.1) is 7.11 Å². The monoisotopic (exact) mass is 278 g/mol. The van der Waals surface area contributed by atoms with Crippen LogP contribution in [0.25, 0.3) is 0 Å². The van der Waals surface area contributed by atoms with Gasteiger partial charge in [0, 0.05) is 11.7 Å². The van der Waals surface area contributed by atoms with Crippen molar-refractivity contribution in [2.75, 3.05) is 39.2 Å². The van der Waals surface area contributed by atoms with Crippen LogP contribution in [0.5, 0.6) is 5.75 Å². The maximum Gasteiger partial charge on any atom is 0.343 e. The first kappa shape index (κ1) is 14.7. The Balaban J connectivity index is 1.80. The highest BCUT2D eigenvalue weighted by Gasteiger charge is 2.16. The molecule has 1 aliphatic heterocycles. The fourth-order valence-electron chi connectivity index (χ4n) is 2.24. The Bertz CT molecular complexity index is 425. The third kappa shape index (κ3) is 4.42. The van der Waals surface area contributed by atoms with Crippen molar-refractivity contribution in [3.63, 3.8) is 0 Å². The first-order valence-electron chi connectivity index (χ1n) is 6.92. The number of rotatable bonds is 5. The highest BCUT2D eigenvalue weighted by Crippen LogP contribution is 2.19. The molecule has 0 spiro atoms. The smallest absolute Gasteiger partial charge is 0.343 e. The molecule has 110 valence electrons. The number of nitrogens with zero attached hydrogens (tertiary/aromatic N) is 1. The number of hydrogen-bond acceptors (Lipinski definition) is 5. The van der Waals surface area contributed by atoms with Crippen LogP contribution in [0.2, 0.25) is 0 Å². The second kappa shape index (κ2) is 7.14. The van der Waals surface area contributed by atoms with Crippen molar-refractivity contribution in [3.8, 4) is 5.75 Å². The molecule has 1 fully saturated rings. The molecule has 0 unspecified atom stereocenters. The highest BCUT2D eigenvalue weighted by atomic mass is 16.6.